The number of amides is 3. The third-order valence-electron chi connectivity index (χ3n) is 4.70. The molecule has 0 radical (unpaired) electrons. The Hall–Kier alpha value is -2.08. The lowest BCUT2D eigenvalue weighted by molar-refractivity contribution is -0.119. The van der Waals surface area contributed by atoms with Gasteiger partial charge in [-0.2, -0.15) is 0 Å². The minimum Gasteiger partial charge on any atom is -0.372 e. The standard InChI is InChI=1S/C19H27N3O3/c1-14-12-21(13-15(2)25-14)19(24)20-11-16-6-5-7-17(10-16)22-9-4-3-8-18(22)23/h5-7,10,14-15H,3-4,8-9,11-13H2,1-2H3,(H,20,24). The molecule has 0 aromatic heterocycles. The zero-order valence-corrected chi connectivity index (χ0v) is 15.0. The van der Waals surface area contributed by atoms with Crippen LogP contribution in [0, 0.1) is 0 Å². The van der Waals surface area contributed by atoms with Gasteiger partial charge in [-0.1, -0.05) is 12.1 Å². The topological polar surface area (TPSA) is 61.9 Å². The van der Waals surface area contributed by atoms with E-state index in [0.29, 0.717) is 26.1 Å². The SMILES string of the molecule is CC1CN(C(=O)NCc2cccc(N3CCCCC3=O)c2)CC(C)O1. The number of carbonyl (C=O) groups excluding carboxylic acids is 2. The average molecular weight is 345 g/mol. The van der Waals surface area contributed by atoms with E-state index in [1.165, 1.54) is 0 Å². The zero-order chi connectivity index (χ0) is 17.8. The highest BCUT2D eigenvalue weighted by Gasteiger charge is 2.25. The van der Waals surface area contributed by atoms with Gasteiger partial charge < -0.3 is 19.9 Å². The largest absolute Gasteiger partial charge is 0.372 e. The van der Waals surface area contributed by atoms with E-state index in [1.807, 2.05) is 43.0 Å². The summed E-state index contributed by atoms with van der Waals surface area (Å²) in [5, 5.41) is 2.98. The van der Waals surface area contributed by atoms with Gasteiger partial charge in [-0.05, 0) is 44.4 Å². The molecular weight excluding hydrogens is 318 g/mol. The van der Waals surface area contributed by atoms with Crippen molar-refractivity contribution in [2.75, 3.05) is 24.5 Å². The van der Waals surface area contributed by atoms with Crippen LogP contribution < -0.4 is 10.2 Å². The van der Waals surface area contributed by atoms with Crippen LogP contribution in [0.1, 0.15) is 38.7 Å². The minimum atomic E-state index is -0.0681. The molecule has 0 saturated carbocycles. The quantitative estimate of drug-likeness (QED) is 0.916. The van der Waals surface area contributed by atoms with Crippen LogP contribution in [0.2, 0.25) is 0 Å². The van der Waals surface area contributed by atoms with Crippen LogP contribution in [-0.4, -0.2) is 48.7 Å². The van der Waals surface area contributed by atoms with Crippen molar-refractivity contribution in [3.63, 3.8) is 0 Å². The average Bonchev–Trinajstić information content (AvgIpc) is 2.59. The predicted molar refractivity (Wildman–Crippen MR) is 96.5 cm³/mol. The number of hydrogen-bond donors (Lipinski definition) is 1. The van der Waals surface area contributed by atoms with E-state index in [4.69, 9.17) is 4.74 Å². The maximum Gasteiger partial charge on any atom is 0.317 e. The molecule has 2 unspecified atom stereocenters. The van der Waals surface area contributed by atoms with Crippen LogP contribution in [-0.2, 0) is 16.1 Å². The Morgan fingerprint density at radius 3 is 2.72 bits per heavy atom. The number of rotatable bonds is 3. The van der Waals surface area contributed by atoms with E-state index in [9.17, 15) is 9.59 Å². The number of morpholine rings is 1. The van der Waals surface area contributed by atoms with Crippen molar-refractivity contribution in [1.29, 1.82) is 0 Å². The van der Waals surface area contributed by atoms with Gasteiger partial charge in [-0.15, -0.1) is 0 Å². The monoisotopic (exact) mass is 345 g/mol. The Morgan fingerprint density at radius 1 is 1.24 bits per heavy atom. The number of ether oxygens (including phenoxy) is 1. The fourth-order valence-corrected chi connectivity index (χ4v) is 3.55. The van der Waals surface area contributed by atoms with Crippen LogP contribution in [0.3, 0.4) is 0 Å². The van der Waals surface area contributed by atoms with Crippen LogP contribution in [0.15, 0.2) is 24.3 Å². The van der Waals surface area contributed by atoms with Crippen molar-refractivity contribution in [1.82, 2.24) is 10.2 Å². The van der Waals surface area contributed by atoms with E-state index in [-0.39, 0.29) is 24.1 Å². The first-order chi connectivity index (χ1) is 12.0. The first-order valence-electron chi connectivity index (χ1n) is 9.10. The molecule has 2 aliphatic rings. The van der Waals surface area contributed by atoms with Crippen molar-refractivity contribution >= 4 is 17.6 Å². The van der Waals surface area contributed by atoms with Gasteiger partial charge in [-0.25, -0.2) is 4.79 Å². The molecule has 2 atom stereocenters. The number of urea groups is 1. The molecule has 1 N–H and O–H groups in total. The highest BCUT2D eigenvalue weighted by molar-refractivity contribution is 5.94. The third kappa shape index (κ3) is 4.51. The number of benzene rings is 1. The molecule has 0 spiro atoms. The molecule has 0 aliphatic carbocycles. The third-order valence-corrected chi connectivity index (χ3v) is 4.70. The van der Waals surface area contributed by atoms with Gasteiger partial charge in [0.2, 0.25) is 5.91 Å². The highest BCUT2D eigenvalue weighted by atomic mass is 16.5. The Kier molecular flexibility index (Phi) is 5.58. The summed E-state index contributed by atoms with van der Waals surface area (Å²) in [5.74, 6) is 0.184. The number of hydrogen-bond acceptors (Lipinski definition) is 3. The summed E-state index contributed by atoms with van der Waals surface area (Å²) in [6, 6.07) is 7.80. The number of carbonyl (C=O) groups is 2. The Balaban J connectivity index is 1.59. The fourth-order valence-electron chi connectivity index (χ4n) is 3.55. The van der Waals surface area contributed by atoms with Gasteiger partial charge in [0, 0.05) is 38.3 Å². The molecule has 6 heteroatoms. The molecule has 2 aliphatic heterocycles. The summed E-state index contributed by atoms with van der Waals surface area (Å²) < 4.78 is 5.66. The molecule has 6 nitrogen and oxygen atoms in total. The van der Waals surface area contributed by atoms with Gasteiger partial charge in [0.05, 0.1) is 12.2 Å². The number of nitrogens with one attached hydrogen (secondary N) is 1. The minimum absolute atomic E-state index is 0.0583. The highest BCUT2D eigenvalue weighted by Crippen LogP contribution is 2.22. The first-order valence-corrected chi connectivity index (χ1v) is 9.10. The van der Waals surface area contributed by atoms with Gasteiger partial charge in [0.25, 0.3) is 0 Å². The van der Waals surface area contributed by atoms with Crippen molar-refractivity contribution in [3.8, 4) is 0 Å². The van der Waals surface area contributed by atoms with Gasteiger partial charge in [-0.3, -0.25) is 4.79 Å². The van der Waals surface area contributed by atoms with Crippen molar-refractivity contribution in [3.05, 3.63) is 29.8 Å². The lowest BCUT2D eigenvalue weighted by Crippen LogP contribution is -2.51. The Labute approximate surface area is 149 Å². The summed E-state index contributed by atoms with van der Waals surface area (Å²) in [5.41, 5.74) is 1.92. The summed E-state index contributed by atoms with van der Waals surface area (Å²) in [7, 11) is 0. The second-order valence-electron chi connectivity index (χ2n) is 6.99. The van der Waals surface area contributed by atoms with E-state index < -0.39 is 0 Å². The van der Waals surface area contributed by atoms with E-state index in [2.05, 4.69) is 5.32 Å². The maximum atomic E-state index is 12.4. The molecule has 2 heterocycles. The second-order valence-corrected chi connectivity index (χ2v) is 6.99. The van der Waals surface area contributed by atoms with Crippen LogP contribution >= 0.6 is 0 Å². The van der Waals surface area contributed by atoms with Gasteiger partial charge >= 0.3 is 6.03 Å². The Morgan fingerprint density at radius 2 is 2.00 bits per heavy atom. The molecule has 1 aromatic rings. The number of nitrogens with zero attached hydrogens (tertiary/aromatic N) is 2. The summed E-state index contributed by atoms with van der Waals surface area (Å²) in [6.45, 7) is 6.41. The summed E-state index contributed by atoms with van der Waals surface area (Å²) in [6.07, 6.45) is 2.75. The maximum absolute atomic E-state index is 12.4. The molecule has 0 bridgehead atoms. The molecule has 25 heavy (non-hydrogen) atoms. The number of anilines is 1. The van der Waals surface area contributed by atoms with Crippen molar-refractivity contribution in [2.45, 2.75) is 51.9 Å². The van der Waals surface area contributed by atoms with Crippen molar-refractivity contribution in [2.24, 2.45) is 0 Å². The fraction of sp³-hybridized carbons (Fsp3) is 0.579. The first kappa shape index (κ1) is 17.7. The van der Waals surface area contributed by atoms with E-state index in [1.54, 1.807) is 4.90 Å². The van der Waals surface area contributed by atoms with Gasteiger partial charge in [0.15, 0.2) is 0 Å². The molecule has 1 aromatic carbocycles. The van der Waals surface area contributed by atoms with Crippen LogP contribution in [0.5, 0.6) is 0 Å². The van der Waals surface area contributed by atoms with Gasteiger partial charge in [0.1, 0.15) is 0 Å². The smallest absolute Gasteiger partial charge is 0.317 e. The number of piperidine rings is 1. The molecule has 2 fully saturated rings. The summed E-state index contributed by atoms with van der Waals surface area (Å²) >= 11 is 0. The van der Waals surface area contributed by atoms with Crippen molar-refractivity contribution < 1.29 is 14.3 Å². The zero-order valence-electron chi connectivity index (χ0n) is 15.0. The molecule has 2 saturated heterocycles. The predicted octanol–water partition coefficient (Wildman–Crippen LogP) is 2.52. The van der Waals surface area contributed by atoms with E-state index in [0.717, 1.165) is 30.6 Å². The second kappa shape index (κ2) is 7.87. The van der Waals surface area contributed by atoms with Crippen LogP contribution in [0.4, 0.5) is 10.5 Å². The van der Waals surface area contributed by atoms with Crippen LogP contribution in [0.25, 0.3) is 0 Å². The molecule has 3 rings (SSSR count). The molecule has 3 amide bonds. The lowest BCUT2D eigenvalue weighted by Gasteiger charge is -2.35. The summed E-state index contributed by atoms with van der Waals surface area (Å²) in [4.78, 5) is 28.1. The lowest BCUT2D eigenvalue weighted by atomic mass is 10.1. The van der Waals surface area contributed by atoms with E-state index >= 15 is 0 Å². The normalized spacial score (nSPS) is 24.3. The Bertz CT molecular complexity index is 624. The molecule has 136 valence electrons. The molecular formula is C19H27N3O3.